The number of carbonyl (C=O) groups excluding carboxylic acids is 2. The van der Waals surface area contributed by atoms with E-state index in [0.29, 0.717) is 29.0 Å². The highest BCUT2D eigenvalue weighted by Crippen LogP contribution is 2.21. The molecular weight excluding hydrogens is 482 g/mol. The smallest absolute Gasteiger partial charge is 0.259 e. The lowest BCUT2D eigenvalue weighted by molar-refractivity contribution is -0.305. The van der Waals surface area contributed by atoms with Crippen LogP contribution in [0, 0.1) is 5.41 Å². The normalized spacial score (nSPS) is 10.5. The number of hydrogen-bond donors (Lipinski definition) is 3. The van der Waals surface area contributed by atoms with E-state index in [4.69, 9.17) is 11.1 Å². The number of pyridine rings is 1. The molecule has 0 bridgehead atoms. The van der Waals surface area contributed by atoms with Crippen molar-refractivity contribution >= 4 is 52.7 Å². The zero-order valence-electron chi connectivity index (χ0n) is 19.5. The largest absolute Gasteiger partial charge is 0.550 e. The zero-order valence-corrected chi connectivity index (χ0v) is 20.3. The number of carboxylic acids is 1. The van der Waals surface area contributed by atoms with Crippen molar-refractivity contribution in [1.29, 1.82) is 5.41 Å². The van der Waals surface area contributed by atoms with Gasteiger partial charge in [-0.3, -0.25) is 15.1 Å². The van der Waals surface area contributed by atoms with Gasteiger partial charge >= 0.3 is 0 Å². The summed E-state index contributed by atoms with van der Waals surface area (Å²) in [5, 5.41) is 21.8. The van der Waals surface area contributed by atoms with Crippen LogP contribution in [0.4, 0.5) is 11.5 Å². The number of halogens is 1. The number of carboxylic acid groups (broad SMARTS) is 1. The summed E-state index contributed by atoms with van der Waals surface area (Å²) < 4.78 is 1.94. The van der Waals surface area contributed by atoms with Gasteiger partial charge in [0.25, 0.3) is 5.91 Å². The van der Waals surface area contributed by atoms with E-state index in [1.54, 1.807) is 48.7 Å². The summed E-state index contributed by atoms with van der Waals surface area (Å²) in [6.45, 7) is 0.384. The number of hydrogen-bond acceptors (Lipinski definition) is 7. The fraction of sp³-hybridized carbons (Fsp3) is 0.160. The Kier molecular flexibility index (Phi) is 8.23. The fourth-order valence-electron chi connectivity index (χ4n) is 3.68. The molecule has 0 aliphatic rings. The van der Waals surface area contributed by atoms with Gasteiger partial charge in [-0.1, -0.05) is 6.07 Å². The summed E-state index contributed by atoms with van der Waals surface area (Å²) >= 11 is 0. The van der Waals surface area contributed by atoms with Crippen LogP contribution in [-0.2, 0) is 18.4 Å². The highest BCUT2D eigenvalue weighted by Gasteiger charge is 2.20. The summed E-state index contributed by atoms with van der Waals surface area (Å²) in [5.74, 6) is -0.479. The van der Waals surface area contributed by atoms with E-state index in [0.717, 1.165) is 17.0 Å². The van der Waals surface area contributed by atoms with Gasteiger partial charge in [-0.25, -0.2) is 9.97 Å². The molecule has 10 nitrogen and oxygen atoms in total. The summed E-state index contributed by atoms with van der Waals surface area (Å²) in [6.07, 6.45) is 1.24. The monoisotopic (exact) mass is 506 g/mol. The number of aryl methyl sites for hydroxylation is 1. The number of aliphatic carboxylic acids is 1. The zero-order chi connectivity index (χ0) is 24.9. The minimum absolute atomic E-state index is 0. The maximum absolute atomic E-state index is 13.3. The van der Waals surface area contributed by atoms with E-state index in [-0.39, 0.29) is 37.1 Å². The summed E-state index contributed by atoms with van der Waals surface area (Å²) in [6, 6.07) is 17.5. The van der Waals surface area contributed by atoms with Crippen molar-refractivity contribution in [3.8, 4) is 0 Å². The van der Waals surface area contributed by atoms with Gasteiger partial charge in [0.15, 0.2) is 0 Å². The SMILES string of the molecule is Cl.Cn1c(CNc2ccc(C(=N)N)cc2)nc2cc(C(=O)N(CCC(=O)[O-])c3ccccn3)ccc21. The first kappa shape index (κ1) is 26.2. The summed E-state index contributed by atoms with van der Waals surface area (Å²) in [4.78, 5) is 34.5. The van der Waals surface area contributed by atoms with E-state index >= 15 is 0 Å². The van der Waals surface area contributed by atoms with Gasteiger partial charge in [0.05, 0.1) is 17.6 Å². The molecule has 0 aliphatic carbocycles. The Morgan fingerprint density at radius 2 is 1.83 bits per heavy atom. The molecule has 11 heteroatoms. The predicted molar refractivity (Wildman–Crippen MR) is 138 cm³/mol. The molecule has 0 atom stereocenters. The molecule has 2 aromatic carbocycles. The molecule has 4 aromatic rings. The molecule has 0 spiro atoms. The van der Waals surface area contributed by atoms with Crippen LogP contribution in [-0.4, -0.2) is 38.8 Å². The minimum Gasteiger partial charge on any atom is -0.550 e. The fourth-order valence-corrected chi connectivity index (χ4v) is 3.68. The van der Waals surface area contributed by atoms with Crippen LogP contribution in [0.3, 0.4) is 0 Å². The Bertz CT molecular complexity index is 1390. The molecule has 0 saturated heterocycles. The number of carbonyl (C=O) groups is 2. The maximum atomic E-state index is 13.3. The molecule has 0 radical (unpaired) electrons. The topological polar surface area (TPSA) is 153 Å². The molecule has 36 heavy (non-hydrogen) atoms. The van der Waals surface area contributed by atoms with E-state index in [1.807, 2.05) is 29.8 Å². The quantitative estimate of drug-likeness (QED) is 0.232. The molecule has 1 amide bonds. The van der Waals surface area contributed by atoms with Crippen molar-refractivity contribution in [3.63, 3.8) is 0 Å². The molecule has 186 valence electrons. The first-order valence-electron chi connectivity index (χ1n) is 10.9. The molecule has 0 unspecified atom stereocenters. The van der Waals surface area contributed by atoms with Gasteiger partial charge in [-0.05, 0) is 54.6 Å². The number of anilines is 2. The number of aromatic nitrogens is 3. The lowest BCUT2D eigenvalue weighted by Gasteiger charge is -2.22. The van der Waals surface area contributed by atoms with Gasteiger partial charge in [-0.15, -0.1) is 12.4 Å². The average molecular weight is 507 g/mol. The van der Waals surface area contributed by atoms with Crippen molar-refractivity contribution in [2.45, 2.75) is 13.0 Å². The third kappa shape index (κ3) is 5.78. The van der Waals surface area contributed by atoms with Crippen LogP contribution in [0.25, 0.3) is 11.0 Å². The number of amidine groups is 1. The lowest BCUT2D eigenvalue weighted by Crippen LogP contribution is -2.36. The summed E-state index contributed by atoms with van der Waals surface area (Å²) in [7, 11) is 1.90. The van der Waals surface area contributed by atoms with Crippen LogP contribution in [0.5, 0.6) is 0 Å². The highest BCUT2D eigenvalue weighted by atomic mass is 35.5. The lowest BCUT2D eigenvalue weighted by atomic mass is 10.1. The molecule has 2 aromatic heterocycles. The first-order chi connectivity index (χ1) is 16.8. The van der Waals surface area contributed by atoms with E-state index in [2.05, 4.69) is 15.3 Å². The Balaban J connectivity index is 0.00000361. The average Bonchev–Trinajstić information content (AvgIpc) is 3.18. The highest BCUT2D eigenvalue weighted by molar-refractivity contribution is 6.07. The number of nitrogens with zero attached hydrogens (tertiary/aromatic N) is 4. The van der Waals surface area contributed by atoms with Crippen molar-refractivity contribution in [2.75, 3.05) is 16.8 Å². The molecular formula is C25H25ClN7O3-. The minimum atomic E-state index is -1.24. The molecule has 0 aliphatic heterocycles. The first-order valence-corrected chi connectivity index (χ1v) is 10.9. The maximum Gasteiger partial charge on any atom is 0.259 e. The number of fused-ring (bicyclic) bond motifs is 1. The Morgan fingerprint density at radius 3 is 2.47 bits per heavy atom. The third-order valence-corrected chi connectivity index (χ3v) is 5.58. The molecule has 4 N–H and O–H groups in total. The Morgan fingerprint density at radius 1 is 1.11 bits per heavy atom. The number of nitrogens with one attached hydrogen (secondary N) is 2. The van der Waals surface area contributed by atoms with Crippen molar-refractivity contribution in [1.82, 2.24) is 14.5 Å². The second kappa shape index (κ2) is 11.3. The number of amides is 1. The van der Waals surface area contributed by atoms with Crippen molar-refractivity contribution < 1.29 is 14.7 Å². The summed E-state index contributed by atoms with van der Waals surface area (Å²) in [5.41, 5.74) is 8.87. The van der Waals surface area contributed by atoms with E-state index < -0.39 is 5.97 Å². The number of rotatable bonds is 9. The van der Waals surface area contributed by atoms with Crippen LogP contribution in [0.2, 0.25) is 0 Å². The standard InChI is InChI=1S/C25H25N7O3.ClH/c1-31-20-10-7-17(25(35)32(13-11-23(33)34)21-4-2-3-12-28-21)14-19(20)30-22(31)15-29-18-8-5-16(6-9-18)24(26)27;/h2-10,12,14,29H,11,13,15H2,1H3,(H3,26,27)(H,33,34);1H/p-1. The number of benzene rings is 2. The predicted octanol–water partition coefficient (Wildman–Crippen LogP) is 2.07. The van der Waals surface area contributed by atoms with Crippen molar-refractivity contribution in [3.05, 3.63) is 83.8 Å². The second-order valence-electron chi connectivity index (χ2n) is 7.90. The Hall–Kier alpha value is -4.44. The second-order valence-corrected chi connectivity index (χ2v) is 7.90. The number of imidazole rings is 1. The van der Waals surface area contributed by atoms with Gasteiger partial charge in [0.1, 0.15) is 17.5 Å². The van der Waals surface area contributed by atoms with E-state index in [9.17, 15) is 14.7 Å². The number of nitrogen functional groups attached to an aromatic ring is 1. The molecule has 0 fully saturated rings. The third-order valence-electron chi connectivity index (χ3n) is 5.58. The van der Waals surface area contributed by atoms with Gasteiger partial charge in [0, 0.05) is 49.0 Å². The van der Waals surface area contributed by atoms with Gasteiger partial charge in [0.2, 0.25) is 0 Å². The van der Waals surface area contributed by atoms with E-state index in [1.165, 1.54) is 4.90 Å². The molecule has 2 heterocycles. The van der Waals surface area contributed by atoms with Crippen molar-refractivity contribution in [2.24, 2.45) is 12.8 Å². The molecule has 0 saturated carbocycles. The van der Waals surface area contributed by atoms with Crippen LogP contribution in [0.1, 0.15) is 28.2 Å². The van der Waals surface area contributed by atoms with Crippen LogP contribution < -0.4 is 21.1 Å². The van der Waals surface area contributed by atoms with Crippen LogP contribution in [0.15, 0.2) is 66.9 Å². The Labute approximate surface area is 213 Å². The number of nitrogens with two attached hydrogens (primary N) is 1. The van der Waals surface area contributed by atoms with Crippen LogP contribution >= 0.6 is 12.4 Å². The van der Waals surface area contributed by atoms with Gasteiger partial charge < -0.3 is 25.5 Å². The van der Waals surface area contributed by atoms with Gasteiger partial charge in [-0.2, -0.15) is 0 Å². The molecule has 4 rings (SSSR count).